The first-order valence-corrected chi connectivity index (χ1v) is 10.1. The van der Waals surface area contributed by atoms with Crippen LogP contribution in [0.1, 0.15) is 30.6 Å². The third-order valence-electron chi connectivity index (χ3n) is 5.60. The average molecular weight is 428 g/mol. The van der Waals surface area contributed by atoms with Crippen molar-refractivity contribution >= 4 is 29.5 Å². The topological polar surface area (TPSA) is 134 Å². The second kappa shape index (κ2) is 7.38. The van der Waals surface area contributed by atoms with Gasteiger partial charge in [0.2, 0.25) is 17.9 Å². The molecular weight excluding hydrogens is 406 g/mol. The van der Waals surface area contributed by atoms with E-state index in [0.717, 1.165) is 31.5 Å². The third-order valence-corrected chi connectivity index (χ3v) is 5.80. The first-order chi connectivity index (χ1) is 14.5. The largest absolute Gasteiger partial charge is 0.465 e. The molecule has 5 N–H and O–H groups in total. The minimum Gasteiger partial charge on any atom is -0.465 e. The van der Waals surface area contributed by atoms with Crippen molar-refractivity contribution in [3.05, 3.63) is 53.2 Å². The zero-order valence-corrected chi connectivity index (χ0v) is 17.0. The van der Waals surface area contributed by atoms with Crippen LogP contribution in [-0.4, -0.2) is 45.4 Å². The summed E-state index contributed by atoms with van der Waals surface area (Å²) in [5.74, 6) is 1.34. The third kappa shape index (κ3) is 3.42. The van der Waals surface area contributed by atoms with Gasteiger partial charge in [-0.2, -0.15) is 15.4 Å². The maximum atomic E-state index is 6.07. The van der Waals surface area contributed by atoms with Crippen LogP contribution in [0.3, 0.4) is 0 Å². The van der Waals surface area contributed by atoms with Gasteiger partial charge in [-0.05, 0) is 49.2 Å². The number of aromatic nitrogens is 1. The molecule has 0 saturated carbocycles. The number of pyridine rings is 1. The molecule has 1 saturated heterocycles. The first-order valence-electron chi connectivity index (χ1n) is 9.77. The molecule has 0 bridgehead atoms. The molecule has 2 atom stereocenters. The molecule has 5 heterocycles. The number of nitrogens with zero attached hydrogens (tertiary/aromatic N) is 6. The minimum absolute atomic E-state index is 0.0802. The van der Waals surface area contributed by atoms with Crippen LogP contribution in [0, 0.1) is 0 Å². The van der Waals surface area contributed by atoms with E-state index in [0.29, 0.717) is 23.3 Å². The van der Waals surface area contributed by atoms with Gasteiger partial charge in [-0.25, -0.2) is 15.0 Å². The average Bonchev–Trinajstić information content (AvgIpc) is 3.43. The summed E-state index contributed by atoms with van der Waals surface area (Å²) in [5.41, 5.74) is 15.5. The van der Waals surface area contributed by atoms with Crippen LogP contribution < -0.4 is 16.9 Å². The number of aliphatic imine (C=N–C) groups is 3. The summed E-state index contributed by atoms with van der Waals surface area (Å²) in [6.07, 6.45) is 6.19. The summed E-state index contributed by atoms with van der Waals surface area (Å²) >= 11 is 6.07. The van der Waals surface area contributed by atoms with E-state index in [9.17, 15) is 0 Å². The molecular formula is C19H22ClN9O. The molecule has 5 rings (SSSR count). The fraction of sp³-hybridized carbons (Fsp3) is 0.368. The van der Waals surface area contributed by atoms with Crippen LogP contribution in [0.5, 0.6) is 0 Å². The van der Waals surface area contributed by atoms with Crippen molar-refractivity contribution in [3.8, 4) is 0 Å². The number of hydrogen-bond donors (Lipinski definition) is 3. The molecule has 0 aromatic carbocycles. The number of rotatable bonds is 5. The van der Waals surface area contributed by atoms with Crippen LogP contribution in [0.4, 0.5) is 0 Å². The molecule has 3 aliphatic heterocycles. The number of nitrogens with two attached hydrogens (primary N) is 2. The molecule has 156 valence electrons. The van der Waals surface area contributed by atoms with Crippen LogP contribution >= 0.6 is 11.6 Å². The van der Waals surface area contributed by atoms with Crippen molar-refractivity contribution in [2.45, 2.75) is 37.5 Å². The Labute approximate surface area is 178 Å². The van der Waals surface area contributed by atoms with E-state index in [4.69, 9.17) is 32.5 Å². The van der Waals surface area contributed by atoms with Gasteiger partial charge in [0.1, 0.15) is 10.9 Å². The van der Waals surface area contributed by atoms with E-state index in [-0.39, 0.29) is 18.0 Å². The van der Waals surface area contributed by atoms with Gasteiger partial charge in [-0.3, -0.25) is 4.90 Å². The Morgan fingerprint density at radius 2 is 2.20 bits per heavy atom. The van der Waals surface area contributed by atoms with Gasteiger partial charge < -0.3 is 15.9 Å². The second-order valence-corrected chi connectivity index (χ2v) is 7.98. The van der Waals surface area contributed by atoms with E-state index in [1.165, 1.54) is 0 Å². The maximum Gasteiger partial charge on any atom is 0.248 e. The molecule has 2 aromatic rings. The molecule has 0 aliphatic carbocycles. The van der Waals surface area contributed by atoms with Crippen molar-refractivity contribution in [2.75, 3.05) is 6.54 Å². The van der Waals surface area contributed by atoms with Crippen LogP contribution in [-0.2, 0) is 12.2 Å². The van der Waals surface area contributed by atoms with Crippen LogP contribution in [0.2, 0.25) is 5.15 Å². The summed E-state index contributed by atoms with van der Waals surface area (Å²) in [6.45, 7) is 1.78. The lowest BCUT2D eigenvalue weighted by Crippen LogP contribution is -2.55. The summed E-state index contributed by atoms with van der Waals surface area (Å²) in [5, 5.41) is 2.06. The molecule has 0 amide bonds. The normalized spacial score (nSPS) is 26.4. The fourth-order valence-corrected chi connectivity index (χ4v) is 4.47. The van der Waals surface area contributed by atoms with E-state index in [2.05, 4.69) is 25.3 Å². The standard InChI is InChI=1S/C19H22ClN9O/c20-15-9-12(5-6-23-15)11-28-7-1-3-13(28)10-19(14-4-2-8-30-14)26-18-25-16(21)24-17(22)29(18)27-19/h2,4-6,8-9,13,27H,1,3,7,10-11H2,(H4,21,22,24,25,26). The highest BCUT2D eigenvalue weighted by Crippen LogP contribution is 2.38. The zero-order chi connectivity index (χ0) is 20.7. The van der Waals surface area contributed by atoms with Gasteiger partial charge in [0.05, 0.1) is 6.26 Å². The molecule has 3 aliphatic rings. The van der Waals surface area contributed by atoms with Crippen molar-refractivity contribution < 1.29 is 4.42 Å². The van der Waals surface area contributed by atoms with Gasteiger partial charge in [-0.1, -0.05) is 11.6 Å². The van der Waals surface area contributed by atoms with E-state index in [1.807, 2.05) is 24.3 Å². The molecule has 10 nitrogen and oxygen atoms in total. The van der Waals surface area contributed by atoms with Gasteiger partial charge in [0.25, 0.3) is 0 Å². The van der Waals surface area contributed by atoms with E-state index >= 15 is 0 Å². The molecule has 2 aromatic heterocycles. The quantitative estimate of drug-likeness (QED) is 0.613. The highest BCUT2D eigenvalue weighted by molar-refractivity contribution is 6.29. The lowest BCUT2D eigenvalue weighted by molar-refractivity contribution is 0.147. The fourth-order valence-electron chi connectivity index (χ4n) is 4.28. The predicted molar refractivity (Wildman–Crippen MR) is 113 cm³/mol. The van der Waals surface area contributed by atoms with Crippen molar-refractivity contribution in [1.82, 2.24) is 20.3 Å². The molecule has 2 unspecified atom stereocenters. The smallest absolute Gasteiger partial charge is 0.248 e. The molecule has 11 heteroatoms. The van der Waals surface area contributed by atoms with Gasteiger partial charge >= 0.3 is 0 Å². The lowest BCUT2D eigenvalue weighted by atomic mass is 9.96. The minimum atomic E-state index is -0.851. The Kier molecular flexibility index (Phi) is 4.69. The SMILES string of the molecule is NC1=NC2=NC(CC3CCCN3Cc3ccnc(Cl)c3)(c3ccco3)NN2C(N)=N1. The van der Waals surface area contributed by atoms with Crippen molar-refractivity contribution in [3.63, 3.8) is 0 Å². The Balaban J connectivity index is 1.44. The van der Waals surface area contributed by atoms with Gasteiger partial charge in [-0.15, -0.1) is 0 Å². The Morgan fingerprint density at radius 3 is 3.00 bits per heavy atom. The summed E-state index contributed by atoms with van der Waals surface area (Å²) in [7, 11) is 0. The highest BCUT2D eigenvalue weighted by Gasteiger charge is 2.48. The van der Waals surface area contributed by atoms with Gasteiger partial charge in [0.15, 0.2) is 5.66 Å². The molecule has 1 fully saturated rings. The van der Waals surface area contributed by atoms with Gasteiger partial charge in [0, 0.05) is 25.2 Å². The first kappa shape index (κ1) is 19.0. The van der Waals surface area contributed by atoms with Crippen LogP contribution in [0.25, 0.3) is 0 Å². The number of hydrazine groups is 1. The van der Waals surface area contributed by atoms with E-state index in [1.54, 1.807) is 17.5 Å². The van der Waals surface area contributed by atoms with E-state index < -0.39 is 5.66 Å². The maximum absolute atomic E-state index is 6.07. The lowest BCUT2D eigenvalue weighted by Gasteiger charge is -2.33. The Morgan fingerprint density at radius 1 is 1.30 bits per heavy atom. The highest BCUT2D eigenvalue weighted by atomic mass is 35.5. The number of hydrogen-bond acceptors (Lipinski definition) is 10. The Hall–Kier alpha value is -2.95. The number of nitrogens with one attached hydrogen (secondary N) is 1. The van der Waals surface area contributed by atoms with Crippen molar-refractivity contribution in [1.29, 1.82) is 0 Å². The number of likely N-dealkylation sites (tertiary alicyclic amines) is 1. The van der Waals surface area contributed by atoms with Crippen LogP contribution in [0.15, 0.2) is 56.1 Å². The Bertz CT molecular complexity index is 1030. The predicted octanol–water partition coefficient (Wildman–Crippen LogP) is 1.35. The summed E-state index contributed by atoms with van der Waals surface area (Å²) < 4.78 is 5.77. The summed E-state index contributed by atoms with van der Waals surface area (Å²) in [6, 6.07) is 7.91. The van der Waals surface area contributed by atoms with Crippen molar-refractivity contribution in [2.24, 2.45) is 26.4 Å². The molecule has 30 heavy (non-hydrogen) atoms. The summed E-state index contributed by atoms with van der Waals surface area (Å²) in [4.78, 5) is 19.6. The molecule has 0 spiro atoms. The number of guanidine groups is 3. The monoisotopic (exact) mass is 427 g/mol. The second-order valence-electron chi connectivity index (χ2n) is 7.59. The molecule has 0 radical (unpaired) electrons. The number of fused-ring (bicyclic) bond motifs is 1. The number of halogens is 1. The number of furan rings is 1. The zero-order valence-electron chi connectivity index (χ0n) is 16.2.